The van der Waals surface area contributed by atoms with E-state index in [-0.39, 0.29) is 0 Å². The Morgan fingerprint density at radius 1 is 1.39 bits per heavy atom. The van der Waals surface area contributed by atoms with Crippen molar-refractivity contribution in [2.75, 3.05) is 19.6 Å². The van der Waals surface area contributed by atoms with Gasteiger partial charge in [-0.2, -0.15) is 0 Å². The van der Waals surface area contributed by atoms with E-state index in [0.29, 0.717) is 6.04 Å². The Labute approximate surface area is 108 Å². The topological polar surface area (TPSA) is 54.8 Å². The van der Waals surface area contributed by atoms with Crippen molar-refractivity contribution in [3.05, 3.63) is 11.6 Å². The first-order valence-electron chi connectivity index (χ1n) is 7.20. The van der Waals surface area contributed by atoms with Gasteiger partial charge in [0.2, 0.25) is 0 Å². The first kappa shape index (κ1) is 12.1. The lowest BCUT2D eigenvalue weighted by atomic mass is 9.98. The summed E-state index contributed by atoms with van der Waals surface area (Å²) in [6, 6.07) is 0.319. The summed E-state index contributed by atoms with van der Waals surface area (Å²) in [6.07, 6.45) is 4.89. The molecule has 100 valence electrons. The van der Waals surface area contributed by atoms with Crippen molar-refractivity contribution in [1.29, 1.82) is 0 Å². The Bertz CT molecular complexity index is 394. The SMILES string of the molecule is CC(NCC1CCNCC1)c1nnc2n1CCC2. The molecule has 2 aliphatic rings. The lowest BCUT2D eigenvalue weighted by Crippen LogP contribution is -2.35. The van der Waals surface area contributed by atoms with Crippen LogP contribution in [0.2, 0.25) is 0 Å². The second-order valence-corrected chi connectivity index (χ2v) is 5.55. The molecule has 3 heterocycles. The van der Waals surface area contributed by atoms with Gasteiger partial charge in [-0.15, -0.1) is 10.2 Å². The molecule has 0 radical (unpaired) electrons. The summed E-state index contributed by atoms with van der Waals surface area (Å²) in [7, 11) is 0. The monoisotopic (exact) mass is 249 g/mol. The number of fused-ring (bicyclic) bond motifs is 1. The smallest absolute Gasteiger partial charge is 0.149 e. The highest BCUT2D eigenvalue weighted by Crippen LogP contribution is 2.19. The van der Waals surface area contributed by atoms with Gasteiger partial charge in [0, 0.05) is 13.0 Å². The van der Waals surface area contributed by atoms with E-state index in [2.05, 4.69) is 32.3 Å². The van der Waals surface area contributed by atoms with Gasteiger partial charge in [-0.25, -0.2) is 0 Å². The Morgan fingerprint density at radius 3 is 3.06 bits per heavy atom. The summed E-state index contributed by atoms with van der Waals surface area (Å²) in [5, 5.41) is 15.7. The third-order valence-electron chi connectivity index (χ3n) is 4.20. The third kappa shape index (κ3) is 2.42. The molecular formula is C13H23N5. The van der Waals surface area contributed by atoms with Gasteiger partial charge < -0.3 is 15.2 Å². The minimum atomic E-state index is 0.319. The van der Waals surface area contributed by atoms with E-state index in [4.69, 9.17) is 0 Å². The number of aromatic nitrogens is 3. The van der Waals surface area contributed by atoms with Crippen molar-refractivity contribution in [2.45, 2.75) is 45.2 Å². The maximum absolute atomic E-state index is 4.34. The molecule has 1 unspecified atom stereocenters. The number of hydrogen-bond acceptors (Lipinski definition) is 4. The number of rotatable bonds is 4. The molecule has 0 bridgehead atoms. The summed E-state index contributed by atoms with van der Waals surface area (Å²) in [5.41, 5.74) is 0. The Hall–Kier alpha value is -0.940. The molecule has 1 fully saturated rings. The number of nitrogens with zero attached hydrogens (tertiary/aromatic N) is 3. The van der Waals surface area contributed by atoms with E-state index in [1.165, 1.54) is 38.2 Å². The standard InChI is InChI=1S/C13H23N5/c1-10(15-9-11-4-6-14-7-5-11)13-17-16-12-3-2-8-18(12)13/h10-11,14-15H,2-9H2,1H3. The fraction of sp³-hybridized carbons (Fsp3) is 0.846. The van der Waals surface area contributed by atoms with Gasteiger partial charge in [0.15, 0.2) is 0 Å². The lowest BCUT2D eigenvalue weighted by molar-refractivity contribution is 0.340. The minimum absolute atomic E-state index is 0.319. The van der Waals surface area contributed by atoms with Crippen LogP contribution in [0.5, 0.6) is 0 Å². The fourth-order valence-electron chi connectivity index (χ4n) is 3.01. The molecule has 1 saturated heterocycles. The largest absolute Gasteiger partial charge is 0.317 e. The molecule has 2 aliphatic heterocycles. The van der Waals surface area contributed by atoms with E-state index in [1.807, 2.05) is 0 Å². The zero-order chi connectivity index (χ0) is 12.4. The highest BCUT2D eigenvalue weighted by molar-refractivity contribution is 5.04. The van der Waals surface area contributed by atoms with Crippen LogP contribution in [0.4, 0.5) is 0 Å². The molecule has 5 heteroatoms. The first-order chi connectivity index (χ1) is 8.84. The van der Waals surface area contributed by atoms with E-state index >= 15 is 0 Å². The van der Waals surface area contributed by atoms with Crippen LogP contribution in [0.15, 0.2) is 0 Å². The van der Waals surface area contributed by atoms with Gasteiger partial charge >= 0.3 is 0 Å². The second-order valence-electron chi connectivity index (χ2n) is 5.55. The van der Waals surface area contributed by atoms with Crippen molar-refractivity contribution in [2.24, 2.45) is 5.92 Å². The molecule has 1 aromatic rings. The van der Waals surface area contributed by atoms with Gasteiger partial charge in [0.05, 0.1) is 6.04 Å². The molecule has 0 spiro atoms. The van der Waals surface area contributed by atoms with Crippen LogP contribution in [-0.2, 0) is 13.0 Å². The molecule has 0 aromatic carbocycles. The summed E-state index contributed by atoms with van der Waals surface area (Å²) in [6.45, 7) is 6.74. The molecule has 2 N–H and O–H groups in total. The van der Waals surface area contributed by atoms with Crippen LogP contribution in [0.3, 0.4) is 0 Å². The Balaban J connectivity index is 1.55. The average Bonchev–Trinajstić information content (AvgIpc) is 2.99. The zero-order valence-electron chi connectivity index (χ0n) is 11.2. The molecule has 0 saturated carbocycles. The van der Waals surface area contributed by atoms with Crippen LogP contribution in [0.1, 0.15) is 43.9 Å². The van der Waals surface area contributed by atoms with E-state index in [0.717, 1.165) is 31.3 Å². The summed E-state index contributed by atoms with van der Waals surface area (Å²) < 4.78 is 2.29. The van der Waals surface area contributed by atoms with Gasteiger partial charge in [-0.3, -0.25) is 0 Å². The molecule has 18 heavy (non-hydrogen) atoms. The van der Waals surface area contributed by atoms with Gasteiger partial charge in [-0.05, 0) is 51.7 Å². The molecule has 0 amide bonds. The zero-order valence-corrected chi connectivity index (χ0v) is 11.2. The quantitative estimate of drug-likeness (QED) is 0.831. The maximum atomic E-state index is 4.34. The minimum Gasteiger partial charge on any atom is -0.317 e. The van der Waals surface area contributed by atoms with Crippen LogP contribution >= 0.6 is 0 Å². The Morgan fingerprint density at radius 2 is 2.22 bits per heavy atom. The Kier molecular flexibility index (Phi) is 3.61. The average molecular weight is 249 g/mol. The van der Waals surface area contributed by atoms with Crippen LogP contribution in [0.25, 0.3) is 0 Å². The second kappa shape index (κ2) is 5.36. The normalized spacial score (nSPS) is 22.1. The van der Waals surface area contributed by atoms with E-state index < -0.39 is 0 Å². The van der Waals surface area contributed by atoms with Crippen molar-refractivity contribution in [3.63, 3.8) is 0 Å². The van der Waals surface area contributed by atoms with Gasteiger partial charge in [0.1, 0.15) is 11.6 Å². The molecule has 1 aromatic heterocycles. The highest BCUT2D eigenvalue weighted by atomic mass is 15.3. The van der Waals surface area contributed by atoms with Gasteiger partial charge in [-0.1, -0.05) is 0 Å². The number of hydrogen-bond donors (Lipinski definition) is 2. The lowest BCUT2D eigenvalue weighted by Gasteiger charge is -2.24. The van der Waals surface area contributed by atoms with Crippen molar-refractivity contribution >= 4 is 0 Å². The number of nitrogens with one attached hydrogen (secondary N) is 2. The predicted molar refractivity (Wildman–Crippen MR) is 70.4 cm³/mol. The van der Waals surface area contributed by atoms with E-state index in [9.17, 15) is 0 Å². The maximum Gasteiger partial charge on any atom is 0.149 e. The highest BCUT2D eigenvalue weighted by Gasteiger charge is 2.22. The van der Waals surface area contributed by atoms with Crippen LogP contribution < -0.4 is 10.6 Å². The van der Waals surface area contributed by atoms with Crippen LogP contribution in [-0.4, -0.2) is 34.4 Å². The summed E-state index contributed by atoms with van der Waals surface area (Å²) in [4.78, 5) is 0. The molecular weight excluding hydrogens is 226 g/mol. The van der Waals surface area contributed by atoms with Crippen molar-refractivity contribution < 1.29 is 0 Å². The molecule has 3 rings (SSSR count). The molecule has 0 aliphatic carbocycles. The van der Waals surface area contributed by atoms with Crippen molar-refractivity contribution in [1.82, 2.24) is 25.4 Å². The first-order valence-corrected chi connectivity index (χ1v) is 7.20. The fourth-order valence-corrected chi connectivity index (χ4v) is 3.01. The number of piperidine rings is 1. The van der Waals surface area contributed by atoms with Crippen molar-refractivity contribution in [3.8, 4) is 0 Å². The predicted octanol–water partition coefficient (Wildman–Crippen LogP) is 0.874. The summed E-state index contributed by atoms with van der Waals surface area (Å²) >= 11 is 0. The molecule has 1 atom stereocenters. The molecule has 5 nitrogen and oxygen atoms in total. The number of aryl methyl sites for hydroxylation is 1. The van der Waals surface area contributed by atoms with Gasteiger partial charge in [0.25, 0.3) is 0 Å². The van der Waals surface area contributed by atoms with E-state index in [1.54, 1.807) is 0 Å². The van der Waals surface area contributed by atoms with Crippen LogP contribution in [0, 0.1) is 5.92 Å². The third-order valence-corrected chi connectivity index (χ3v) is 4.20. The summed E-state index contributed by atoms with van der Waals surface area (Å²) in [5.74, 6) is 3.10.